The first kappa shape index (κ1) is 14.0. The third-order valence-corrected chi connectivity index (χ3v) is 3.68. The molecule has 2 N–H and O–H groups in total. The van der Waals surface area contributed by atoms with E-state index in [0.717, 1.165) is 24.1 Å². The van der Waals surface area contributed by atoms with E-state index in [-0.39, 0.29) is 11.9 Å². The van der Waals surface area contributed by atoms with E-state index in [1.54, 1.807) is 0 Å². The third kappa shape index (κ3) is 4.31. The number of aryl methyl sites for hydroxylation is 1. The second kappa shape index (κ2) is 6.66. The van der Waals surface area contributed by atoms with Crippen LogP contribution in [0.4, 0.5) is 0 Å². The van der Waals surface area contributed by atoms with E-state index in [1.165, 1.54) is 12.8 Å². The van der Waals surface area contributed by atoms with Crippen LogP contribution in [0, 0.1) is 6.92 Å². The van der Waals surface area contributed by atoms with Crippen molar-refractivity contribution in [3.05, 3.63) is 29.6 Å². The van der Waals surface area contributed by atoms with E-state index >= 15 is 0 Å². The number of rotatable bonds is 5. The van der Waals surface area contributed by atoms with Crippen LogP contribution in [0.15, 0.2) is 18.3 Å². The zero-order valence-corrected chi connectivity index (χ0v) is 11.8. The molecule has 1 heterocycles. The predicted octanol–water partition coefficient (Wildman–Crippen LogP) is 1.93. The van der Waals surface area contributed by atoms with Gasteiger partial charge in [-0.3, -0.25) is 9.78 Å². The summed E-state index contributed by atoms with van der Waals surface area (Å²) in [6, 6.07) is 4.25. The molecule has 4 heteroatoms. The number of nitrogens with zero attached hydrogens (tertiary/aromatic N) is 1. The van der Waals surface area contributed by atoms with Crippen molar-refractivity contribution >= 4 is 5.91 Å². The Kier molecular flexibility index (Phi) is 4.91. The number of nitrogens with one attached hydrogen (secondary N) is 2. The van der Waals surface area contributed by atoms with E-state index in [0.29, 0.717) is 12.6 Å². The number of pyridine rings is 1. The van der Waals surface area contributed by atoms with Gasteiger partial charge in [0.25, 0.3) is 0 Å². The van der Waals surface area contributed by atoms with Gasteiger partial charge in [-0.15, -0.1) is 0 Å². The van der Waals surface area contributed by atoms with Gasteiger partial charge in [0.05, 0.1) is 6.04 Å². The second-order valence-corrected chi connectivity index (χ2v) is 5.40. The molecule has 1 amide bonds. The molecule has 1 aromatic rings. The Hall–Kier alpha value is -1.42. The molecule has 0 spiro atoms. The van der Waals surface area contributed by atoms with Gasteiger partial charge in [-0.25, -0.2) is 0 Å². The van der Waals surface area contributed by atoms with Crippen molar-refractivity contribution in [3.8, 4) is 0 Å². The highest BCUT2D eigenvalue weighted by Crippen LogP contribution is 2.17. The monoisotopic (exact) mass is 261 g/mol. The first-order valence-electron chi connectivity index (χ1n) is 7.10. The average Bonchev–Trinajstić information content (AvgIpc) is 2.90. The predicted molar refractivity (Wildman–Crippen MR) is 75.7 cm³/mol. The molecule has 0 aromatic carbocycles. The Morgan fingerprint density at radius 2 is 2.16 bits per heavy atom. The van der Waals surface area contributed by atoms with Gasteiger partial charge in [-0.1, -0.05) is 18.9 Å². The fourth-order valence-corrected chi connectivity index (χ4v) is 2.36. The Balaban J connectivity index is 1.75. The van der Waals surface area contributed by atoms with Crippen molar-refractivity contribution in [1.29, 1.82) is 0 Å². The maximum Gasteiger partial charge on any atom is 0.237 e. The lowest BCUT2D eigenvalue weighted by Gasteiger charge is -2.17. The molecular weight excluding hydrogens is 238 g/mol. The molecule has 1 aromatic heterocycles. The molecule has 104 valence electrons. The lowest BCUT2D eigenvalue weighted by atomic mass is 10.2. The maximum absolute atomic E-state index is 12.0. The van der Waals surface area contributed by atoms with E-state index in [2.05, 4.69) is 15.6 Å². The summed E-state index contributed by atoms with van der Waals surface area (Å²) in [6.07, 6.45) is 6.58. The van der Waals surface area contributed by atoms with Crippen LogP contribution in [0.1, 0.15) is 43.9 Å². The first-order valence-corrected chi connectivity index (χ1v) is 7.10. The lowest BCUT2D eigenvalue weighted by Crippen LogP contribution is -2.45. The van der Waals surface area contributed by atoms with Crippen LogP contribution in [0.25, 0.3) is 0 Å². The Morgan fingerprint density at radius 1 is 1.42 bits per heavy atom. The summed E-state index contributed by atoms with van der Waals surface area (Å²) in [6.45, 7) is 4.55. The number of hydrogen-bond donors (Lipinski definition) is 2. The van der Waals surface area contributed by atoms with Crippen LogP contribution in [-0.2, 0) is 11.3 Å². The van der Waals surface area contributed by atoms with Gasteiger partial charge in [0.15, 0.2) is 0 Å². The van der Waals surface area contributed by atoms with E-state index in [9.17, 15) is 4.79 Å². The maximum atomic E-state index is 12.0. The van der Waals surface area contributed by atoms with Gasteiger partial charge < -0.3 is 10.6 Å². The van der Waals surface area contributed by atoms with Crippen LogP contribution in [0.5, 0.6) is 0 Å². The molecule has 1 atom stereocenters. The van der Waals surface area contributed by atoms with Gasteiger partial charge >= 0.3 is 0 Å². The Morgan fingerprint density at radius 3 is 2.79 bits per heavy atom. The van der Waals surface area contributed by atoms with Crippen LogP contribution in [-0.4, -0.2) is 23.0 Å². The number of aromatic nitrogens is 1. The van der Waals surface area contributed by atoms with Gasteiger partial charge in [-0.2, -0.15) is 0 Å². The minimum absolute atomic E-state index is 0.104. The Labute approximate surface area is 115 Å². The van der Waals surface area contributed by atoms with Crippen LogP contribution in [0.2, 0.25) is 0 Å². The van der Waals surface area contributed by atoms with E-state index < -0.39 is 0 Å². The zero-order chi connectivity index (χ0) is 13.7. The van der Waals surface area contributed by atoms with Crippen molar-refractivity contribution < 1.29 is 4.79 Å². The second-order valence-electron chi connectivity index (χ2n) is 5.40. The fraction of sp³-hybridized carbons (Fsp3) is 0.600. The molecule has 1 aliphatic rings. The smallest absolute Gasteiger partial charge is 0.237 e. The van der Waals surface area contributed by atoms with E-state index in [1.807, 2.05) is 32.2 Å². The van der Waals surface area contributed by atoms with Crippen molar-refractivity contribution in [3.63, 3.8) is 0 Å². The molecule has 1 saturated carbocycles. The molecular formula is C15H23N3O. The fourth-order valence-electron chi connectivity index (χ4n) is 2.36. The normalized spacial score (nSPS) is 17.4. The van der Waals surface area contributed by atoms with Crippen molar-refractivity contribution in [2.75, 3.05) is 0 Å². The van der Waals surface area contributed by atoms with E-state index in [4.69, 9.17) is 0 Å². The summed E-state index contributed by atoms with van der Waals surface area (Å²) in [5.74, 6) is 0.104. The SMILES string of the molecule is Cc1ccc(CNC(C)C(=O)NC2CCCC2)cn1. The highest BCUT2D eigenvalue weighted by Gasteiger charge is 2.20. The van der Waals surface area contributed by atoms with Crippen molar-refractivity contribution in [1.82, 2.24) is 15.6 Å². The van der Waals surface area contributed by atoms with Crippen LogP contribution >= 0.6 is 0 Å². The standard InChI is InChI=1S/C15H23N3O/c1-11-7-8-13(9-16-11)10-17-12(2)15(19)18-14-5-3-4-6-14/h7-9,12,14,17H,3-6,10H2,1-2H3,(H,18,19). The molecule has 0 saturated heterocycles. The Bertz CT molecular complexity index is 410. The highest BCUT2D eigenvalue weighted by atomic mass is 16.2. The topological polar surface area (TPSA) is 54.0 Å². The molecule has 0 radical (unpaired) electrons. The van der Waals surface area contributed by atoms with Gasteiger partial charge in [0, 0.05) is 24.5 Å². The summed E-state index contributed by atoms with van der Waals surface area (Å²) in [7, 11) is 0. The molecule has 0 bridgehead atoms. The third-order valence-electron chi connectivity index (χ3n) is 3.68. The number of hydrogen-bond acceptors (Lipinski definition) is 3. The highest BCUT2D eigenvalue weighted by molar-refractivity contribution is 5.81. The van der Waals surface area contributed by atoms with Crippen molar-refractivity contribution in [2.24, 2.45) is 0 Å². The lowest BCUT2D eigenvalue weighted by molar-refractivity contribution is -0.123. The van der Waals surface area contributed by atoms with Gasteiger partial charge in [0.2, 0.25) is 5.91 Å². The molecule has 1 fully saturated rings. The summed E-state index contributed by atoms with van der Waals surface area (Å²) < 4.78 is 0. The number of amides is 1. The largest absolute Gasteiger partial charge is 0.352 e. The van der Waals surface area contributed by atoms with Crippen molar-refractivity contribution in [2.45, 2.75) is 58.2 Å². The summed E-state index contributed by atoms with van der Waals surface area (Å²) in [5, 5.41) is 6.35. The zero-order valence-electron chi connectivity index (χ0n) is 11.8. The molecule has 2 rings (SSSR count). The minimum Gasteiger partial charge on any atom is -0.352 e. The molecule has 0 aliphatic heterocycles. The molecule has 1 aliphatic carbocycles. The molecule has 1 unspecified atom stereocenters. The van der Waals surface area contributed by atoms with Gasteiger partial charge in [-0.05, 0) is 38.3 Å². The minimum atomic E-state index is -0.165. The summed E-state index contributed by atoms with van der Waals surface area (Å²) >= 11 is 0. The summed E-state index contributed by atoms with van der Waals surface area (Å²) in [5.41, 5.74) is 2.11. The summed E-state index contributed by atoms with van der Waals surface area (Å²) in [4.78, 5) is 16.2. The van der Waals surface area contributed by atoms with Crippen LogP contribution < -0.4 is 10.6 Å². The average molecular weight is 261 g/mol. The van der Waals surface area contributed by atoms with Gasteiger partial charge in [0.1, 0.15) is 0 Å². The molecule has 19 heavy (non-hydrogen) atoms. The van der Waals surface area contributed by atoms with Crippen LogP contribution in [0.3, 0.4) is 0 Å². The molecule has 4 nitrogen and oxygen atoms in total. The first-order chi connectivity index (χ1) is 9.15. The number of carbonyl (C=O) groups excluding carboxylic acids is 1. The number of carbonyl (C=O) groups is 1. The quantitative estimate of drug-likeness (QED) is 0.851.